The first kappa shape index (κ1) is 14.8. The number of rotatable bonds is 2. The Morgan fingerprint density at radius 1 is 1.23 bits per heavy atom. The van der Waals surface area contributed by atoms with Crippen molar-refractivity contribution < 1.29 is 14.4 Å². The molecule has 0 saturated carbocycles. The number of hydrogen-bond acceptors (Lipinski definition) is 3. The van der Waals surface area contributed by atoms with Crippen LogP contribution in [0.15, 0.2) is 24.3 Å². The maximum atomic E-state index is 12.4. The van der Waals surface area contributed by atoms with Gasteiger partial charge in [0.15, 0.2) is 0 Å². The van der Waals surface area contributed by atoms with Gasteiger partial charge in [0.25, 0.3) is 0 Å². The van der Waals surface area contributed by atoms with Gasteiger partial charge in [0.1, 0.15) is 6.04 Å². The smallest absolute Gasteiger partial charge is 0.245 e. The molecular weight excluding hydrogens is 306 g/mol. The molecule has 3 rings (SSSR count). The van der Waals surface area contributed by atoms with Gasteiger partial charge in [0.2, 0.25) is 17.7 Å². The summed E-state index contributed by atoms with van der Waals surface area (Å²) in [5, 5.41) is 3.19. The lowest BCUT2D eigenvalue weighted by atomic mass is 10.1. The third-order valence-corrected chi connectivity index (χ3v) is 4.29. The van der Waals surface area contributed by atoms with Crippen LogP contribution >= 0.6 is 11.6 Å². The Bertz CT molecular complexity index is 617. The highest BCUT2D eigenvalue weighted by Crippen LogP contribution is 2.16. The first-order valence-corrected chi connectivity index (χ1v) is 7.52. The molecule has 3 amide bonds. The van der Waals surface area contributed by atoms with Gasteiger partial charge >= 0.3 is 0 Å². The summed E-state index contributed by atoms with van der Waals surface area (Å²) in [5.41, 5.74) is 0.876. The van der Waals surface area contributed by atoms with Gasteiger partial charge < -0.3 is 15.1 Å². The van der Waals surface area contributed by atoms with Crippen LogP contribution in [-0.2, 0) is 20.8 Å². The number of fused-ring (bicyclic) bond motifs is 1. The van der Waals surface area contributed by atoms with Crippen LogP contribution in [0.2, 0.25) is 5.02 Å². The summed E-state index contributed by atoms with van der Waals surface area (Å²) in [5.74, 6) is -0.328. The number of amides is 3. The normalized spacial score (nSPS) is 21.4. The molecule has 2 heterocycles. The average molecular weight is 322 g/mol. The first-order valence-electron chi connectivity index (χ1n) is 7.14. The van der Waals surface area contributed by atoms with Crippen LogP contribution in [0.1, 0.15) is 5.56 Å². The SMILES string of the molecule is O=C1NCC(=O)N2CCN(C(=O)Cc3ccc(Cl)cc3)C[C@@H]12. The highest BCUT2D eigenvalue weighted by molar-refractivity contribution is 6.30. The topological polar surface area (TPSA) is 69.7 Å². The summed E-state index contributed by atoms with van der Waals surface area (Å²) >= 11 is 5.83. The number of halogens is 1. The van der Waals surface area contributed by atoms with Crippen LogP contribution in [0.4, 0.5) is 0 Å². The number of hydrogen-bond donors (Lipinski definition) is 1. The van der Waals surface area contributed by atoms with Crippen molar-refractivity contribution >= 4 is 29.3 Å². The summed E-state index contributed by atoms with van der Waals surface area (Å²) in [6.07, 6.45) is 0.263. The van der Waals surface area contributed by atoms with E-state index in [-0.39, 0.29) is 37.2 Å². The minimum Gasteiger partial charge on any atom is -0.345 e. The molecule has 2 aliphatic rings. The zero-order valence-electron chi connectivity index (χ0n) is 11.9. The van der Waals surface area contributed by atoms with Crippen molar-refractivity contribution in [2.45, 2.75) is 12.5 Å². The molecular formula is C15H16ClN3O3. The molecule has 2 saturated heterocycles. The van der Waals surface area contributed by atoms with E-state index >= 15 is 0 Å². The summed E-state index contributed by atoms with van der Waals surface area (Å²) in [6, 6.07) is 6.55. The lowest BCUT2D eigenvalue weighted by Crippen LogP contribution is -2.66. The molecule has 2 aliphatic heterocycles. The first-order chi connectivity index (χ1) is 10.5. The summed E-state index contributed by atoms with van der Waals surface area (Å²) in [7, 11) is 0. The molecule has 0 radical (unpaired) electrons. The van der Waals surface area contributed by atoms with E-state index in [1.807, 2.05) is 12.1 Å². The lowest BCUT2D eigenvalue weighted by Gasteiger charge is -2.42. The standard InChI is InChI=1S/C15H16ClN3O3/c16-11-3-1-10(2-4-11)7-13(20)18-5-6-19-12(9-18)15(22)17-8-14(19)21/h1-4,12H,5-9H2,(H,17,22)/t12-/m0/s1. The van der Waals surface area contributed by atoms with Crippen molar-refractivity contribution in [3.63, 3.8) is 0 Å². The molecule has 7 heteroatoms. The van der Waals surface area contributed by atoms with Crippen molar-refractivity contribution in [2.75, 3.05) is 26.2 Å². The van der Waals surface area contributed by atoms with Crippen molar-refractivity contribution in [3.8, 4) is 0 Å². The van der Waals surface area contributed by atoms with Gasteiger partial charge in [0, 0.05) is 18.1 Å². The third-order valence-electron chi connectivity index (χ3n) is 4.04. The fraction of sp³-hybridized carbons (Fsp3) is 0.400. The van der Waals surface area contributed by atoms with Crippen molar-refractivity contribution in [1.29, 1.82) is 0 Å². The Kier molecular flexibility index (Phi) is 4.02. The molecule has 0 unspecified atom stereocenters. The monoisotopic (exact) mass is 321 g/mol. The Balaban J connectivity index is 1.65. The van der Waals surface area contributed by atoms with Gasteiger partial charge in [-0.1, -0.05) is 23.7 Å². The maximum Gasteiger partial charge on any atom is 0.245 e. The Hall–Kier alpha value is -2.08. The average Bonchev–Trinajstić information content (AvgIpc) is 2.53. The summed E-state index contributed by atoms with van der Waals surface area (Å²) < 4.78 is 0. The molecule has 1 aromatic carbocycles. The quantitative estimate of drug-likeness (QED) is 0.837. The van der Waals surface area contributed by atoms with Crippen LogP contribution in [0.3, 0.4) is 0 Å². The van der Waals surface area contributed by atoms with Crippen molar-refractivity contribution in [2.24, 2.45) is 0 Å². The van der Waals surface area contributed by atoms with E-state index in [0.717, 1.165) is 5.56 Å². The number of carbonyl (C=O) groups excluding carboxylic acids is 3. The van der Waals surface area contributed by atoms with E-state index in [0.29, 0.717) is 18.1 Å². The van der Waals surface area contributed by atoms with Crippen LogP contribution in [-0.4, -0.2) is 59.7 Å². The molecule has 22 heavy (non-hydrogen) atoms. The molecule has 1 N–H and O–H groups in total. The highest BCUT2D eigenvalue weighted by atomic mass is 35.5. The van der Waals surface area contributed by atoms with Gasteiger partial charge in [-0.15, -0.1) is 0 Å². The molecule has 1 atom stereocenters. The number of nitrogens with one attached hydrogen (secondary N) is 1. The van der Waals surface area contributed by atoms with Crippen LogP contribution < -0.4 is 5.32 Å². The van der Waals surface area contributed by atoms with Gasteiger partial charge in [0.05, 0.1) is 19.5 Å². The molecule has 116 valence electrons. The van der Waals surface area contributed by atoms with Gasteiger partial charge in [-0.05, 0) is 17.7 Å². The van der Waals surface area contributed by atoms with E-state index in [4.69, 9.17) is 11.6 Å². The fourth-order valence-electron chi connectivity index (χ4n) is 2.80. The Labute approximate surface area is 133 Å². The molecule has 1 aromatic rings. The molecule has 0 bridgehead atoms. The van der Waals surface area contributed by atoms with E-state index in [1.54, 1.807) is 21.9 Å². The van der Waals surface area contributed by atoms with Crippen LogP contribution in [0.25, 0.3) is 0 Å². The minimum atomic E-state index is -0.566. The van der Waals surface area contributed by atoms with Gasteiger partial charge in [-0.3, -0.25) is 14.4 Å². The zero-order chi connectivity index (χ0) is 15.7. The third kappa shape index (κ3) is 2.92. The number of carbonyl (C=O) groups is 3. The lowest BCUT2D eigenvalue weighted by molar-refractivity contribution is -0.152. The second-order valence-electron chi connectivity index (χ2n) is 5.46. The highest BCUT2D eigenvalue weighted by Gasteiger charge is 2.39. The zero-order valence-corrected chi connectivity index (χ0v) is 12.7. The minimum absolute atomic E-state index is 0.0483. The van der Waals surface area contributed by atoms with Crippen molar-refractivity contribution in [3.05, 3.63) is 34.9 Å². The second-order valence-corrected chi connectivity index (χ2v) is 5.90. The van der Waals surface area contributed by atoms with Crippen molar-refractivity contribution in [1.82, 2.24) is 15.1 Å². The number of nitrogens with zero attached hydrogens (tertiary/aromatic N) is 2. The van der Waals surface area contributed by atoms with E-state index < -0.39 is 6.04 Å². The van der Waals surface area contributed by atoms with E-state index in [9.17, 15) is 14.4 Å². The Morgan fingerprint density at radius 2 is 1.95 bits per heavy atom. The fourth-order valence-corrected chi connectivity index (χ4v) is 2.93. The molecule has 0 aliphatic carbocycles. The van der Waals surface area contributed by atoms with Gasteiger partial charge in [-0.25, -0.2) is 0 Å². The molecule has 0 aromatic heterocycles. The molecule has 2 fully saturated rings. The largest absolute Gasteiger partial charge is 0.345 e. The van der Waals surface area contributed by atoms with E-state index in [1.165, 1.54) is 0 Å². The number of piperazine rings is 2. The van der Waals surface area contributed by atoms with Crippen LogP contribution in [0, 0.1) is 0 Å². The van der Waals surface area contributed by atoms with Crippen LogP contribution in [0.5, 0.6) is 0 Å². The summed E-state index contributed by atoms with van der Waals surface area (Å²) in [6.45, 7) is 1.17. The predicted octanol–water partition coefficient (Wildman–Crippen LogP) is 0.0517. The number of benzene rings is 1. The Morgan fingerprint density at radius 3 is 2.68 bits per heavy atom. The maximum absolute atomic E-state index is 12.4. The second kappa shape index (κ2) is 5.96. The molecule has 6 nitrogen and oxygen atoms in total. The van der Waals surface area contributed by atoms with E-state index in [2.05, 4.69) is 5.32 Å². The molecule has 0 spiro atoms. The van der Waals surface area contributed by atoms with Gasteiger partial charge in [-0.2, -0.15) is 0 Å². The predicted molar refractivity (Wildman–Crippen MR) is 80.2 cm³/mol. The summed E-state index contributed by atoms with van der Waals surface area (Å²) in [4.78, 5) is 39.2.